The highest BCUT2D eigenvalue weighted by Crippen LogP contribution is 2.16. The summed E-state index contributed by atoms with van der Waals surface area (Å²) < 4.78 is 0. The number of nitrogens with zero attached hydrogens (tertiary/aromatic N) is 4. The molecule has 0 fully saturated rings. The fraction of sp³-hybridized carbons (Fsp3) is 0.250. The zero-order valence-electron chi connectivity index (χ0n) is 11.2. The lowest BCUT2D eigenvalue weighted by molar-refractivity contribution is 0.102. The van der Waals surface area contributed by atoms with Gasteiger partial charge in [-0.15, -0.1) is 0 Å². The molecule has 0 saturated carbocycles. The molecule has 104 valence electrons. The quantitative estimate of drug-likeness (QED) is 0.560. The van der Waals surface area contributed by atoms with E-state index in [9.17, 15) is 4.79 Å². The number of amides is 1. The highest BCUT2D eigenvalue weighted by molar-refractivity contribution is 6.05. The average Bonchev–Trinajstić information content (AvgIpc) is 2.47. The fourth-order valence-corrected chi connectivity index (χ4v) is 1.48. The molecule has 0 atom stereocenters. The van der Waals surface area contributed by atoms with Gasteiger partial charge in [0.15, 0.2) is 5.69 Å². The summed E-state index contributed by atoms with van der Waals surface area (Å²) in [6, 6.07) is 1.66. The second kappa shape index (κ2) is 6.02. The van der Waals surface area contributed by atoms with E-state index in [0.717, 1.165) is 0 Å². The first-order valence-corrected chi connectivity index (χ1v) is 6.03. The predicted molar refractivity (Wildman–Crippen MR) is 73.9 cm³/mol. The fourth-order valence-electron chi connectivity index (χ4n) is 1.48. The van der Waals surface area contributed by atoms with E-state index in [1.54, 1.807) is 6.07 Å². The molecule has 2 aromatic heterocycles. The molecular weight excluding hydrogens is 258 g/mol. The van der Waals surface area contributed by atoms with Crippen molar-refractivity contribution in [2.75, 3.05) is 10.7 Å². The molecule has 20 heavy (non-hydrogen) atoms. The van der Waals surface area contributed by atoms with Gasteiger partial charge in [-0.2, -0.15) is 0 Å². The first-order chi connectivity index (χ1) is 9.61. The number of carbonyl (C=O) groups excluding carboxylic acids is 1. The van der Waals surface area contributed by atoms with Crippen LogP contribution in [0.4, 0.5) is 11.6 Å². The van der Waals surface area contributed by atoms with Crippen LogP contribution in [0.25, 0.3) is 0 Å². The summed E-state index contributed by atoms with van der Waals surface area (Å²) in [6.07, 6.45) is 4.54. The Bertz CT molecular complexity index is 600. The number of hydrogen-bond donors (Lipinski definition) is 3. The number of carbonyl (C=O) groups is 1. The number of nitrogen functional groups attached to an aromatic ring is 1. The van der Waals surface area contributed by atoms with Crippen molar-refractivity contribution >= 4 is 17.5 Å². The molecule has 2 heterocycles. The monoisotopic (exact) mass is 273 g/mol. The second-order valence-corrected chi connectivity index (χ2v) is 4.32. The van der Waals surface area contributed by atoms with Crippen molar-refractivity contribution in [2.24, 2.45) is 5.84 Å². The number of hydrogen-bond acceptors (Lipinski definition) is 7. The number of hydrazine groups is 1. The molecule has 2 aromatic rings. The minimum absolute atomic E-state index is 0.0985. The zero-order valence-corrected chi connectivity index (χ0v) is 11.2. The first-order valence-electron chi connectivity index (χ1n) is 6.03. The highest BCUT2D eigenvalue weighted by Gasteiger charge is 2.17. The van der Waals surface area contributed by atoms with Crippen molar-refractivity contribution in [2.45, 2.75) is 19.8 Å². The van der Waals surface area contributed by atoms with Gasteiger partial charge < -0.3 is 5.43 Å². The molecule has 8 nitrogen and oxygen atoms in total. The molecule has 0 aliphatic carbocycles. The topological polar surface area (TPSA) is 119 Å². The third kappa shape index (κ3) is 3.04. The lowest BCUT2D eigenvalue weighted by Crippen LogP contribution is -2.21. The van der Waals surface area contributed by atoms with Crippen LogP contribution in [0.15, 0.2) is 24.7 Å². The van der Waals surface area contributed by atoms with E-state index >= 15 is 0 Å². The minimum Gasteiger partial charge on any atom is -0.321 e. The molecule has 2 rings (SSSR count). The van der Waals surface area contributed by atoms with E-state index in [0.29, 0.717) is 11.5 Å². The van der Waals surface area contributed by atoms with Crippen LogP contribution in [0.2, 0.25) is 0 Å². The lowest BCUT2D eigenvalue weighted by Gasteiger charge is -2.10. The van der Waals surface area contributed by atoms with E-state index in [2.05, 4.69) is 30.7 Å². The van der Waals surface area contributed by atoms with Gasteiger partial charge in [0, 0.05) is 18.3 Å². The minimum atomic E-state index is -0.451. The summed E-state index contributed by atoms with van der Waals surface area (Å²) in [6.45, 7) is 3.87. The molecule has 0 unspecified atom stereocenters. The standard InChI is InChI=1S/C12H15N7O/c1-7(2)10-16-6-8(19-13)9(17-10)11(20)18-12-14-4-3-5-15-12/h3-7,19H,13H2,1-2H3,(H,14,15,18,20). The van der Waals surface area contributed by atoms with E-state index in [1.165, 1.54) is 18.6 Å². The SMILES string of the molecule is CC(C)c1ncc(NN)c(C(=O)Nc2ncccn2)n1. The molecule has 0 aromatic carbocycles. The van der Waals surface area contributed by atoms with Crippen LogP contribution in [0.1, 0.15) is 36.1 Å². The van der Waals surface area contributed by atoms with Crippen LogP contribution < -0.4 is 16.6 Å². The largest absolute Gasteiger partial charge is 0.321 e. The van der Waals surface area contributed by atoms with Crippen LogP contribution >= 0.6 is 0 Å². The molecule has 0 aliphatic heterocycles. The molecule has 0 bridgehead atoms. The number of aromatic nitrogens is 4. The van der Waals surface area contributed by atoms with Gasteiger partial charge in [0.25, 0.3) is 5.91 Å². The van der Waals surface area contributed by atoms with E-state index in [-0.39, 0.29) is 17.6 Å². The van der Waals surface area contributed by atoms with Crippen molar-refractivity contribution < 1.29 is 4.79 Å². The van der Waals surface area contributed by atoms with Crippen LogP contribution in [-0.2, 0) is 0 Å². The van der Waals surface area contributed by atoms with E-state index in [1.807, 2.05) is 13.8 Å². The maximum absolute atomic E-state index is 12.2. The Kier molecular flexibility index (Phi) is 4.16. The van der Waals surface area contributed by atoms with Crippen molar-refractivity contribution in [3.63, 3.8) is 0 Å². The zero-order chi connectivity index (χ0) is 14.5. The predicted octanol–water partition coefficient (Wildman–Crippen LogP) is 0.928. The molecule has 0 spiro atoms. The van der Waals surface area contributed by atoms with Gasteiger partial charge in [-0.1, -0.05) is 13.8 Å². The number of nitrogens with two attached hydrogens (primary N) is 1. The molecule has 8 heteroatoms. The van der Waals surface area contributed by atoms with E-state index < -0.39 is 5.91 Å². The van der Waals surface area contributed by atoms with Crippen LogP contribution in [-0.4, -0.2) is 25.8 Å². The van der Waals surface area contributed by atoms with Crippen LogP contribution in [0.3, 0.4) is 0 Å². The van der Waals surface area contributed by atoms with Crippen molar-refractivity contribution in [3.05, 3.63) is 36.2 Å². The molecule has 0 radical (unpaired) electrons. The van der Waals surface area contributed by atoms with Crippen molar-refractivity contribution in [1.29, 1.82) is 0 Å². The third-order valence-corrected chi connectivity index (χ3v) is 2.49. The normalized spacial score (nSPS) is 10.4. The summed E-state index contributed by atoms with van der Waals surface area (Å²) in [5.41, 5.74) is 2.89. The Hall–Kier alpha value is -2.61. The van der Waals surface area contributed by atoms with Gasteiger partial charge in [-0.05, 0) is 6.07 Å². The van der Waals surface area contributed by atoms with Crippen LogP contribution in [0.5, 0.6) is 0 Å². The summed E-state index contributed by atoms with van der Waals surface area (Å²) in [5, 5.41) is 2.55. The Labute approximate surface area is 115 Å². The molecular formula is C12H15N7O. The molecule has 0 aliphatic rings. The summed E-state index contributed by atoms with van der Waals surface area (Å²) in [5.74, 6) is 5.77. The van der Waals surface area contributed by atoms with E-state index in [4.69, 9.17) is 5.84 Å². The Morgan fingerprint density at radius 1 is 1.25 bits per heavy atom. The van der Waals surface area contributed by atoms with Gasteiger partial charge in [0.2, 0.25) is 5.95 Å². The second-order valence-electron chi connectivity index (χ2n) is 4.32. The molecule has 0 saturated heterocycles. The Balaban J connectivity index is 2.30. The smallest absolute Gasteiger partial charge is 0.278 e. The van der Waals surface area contributed by atoms with Gasteiger partial charge in [0.05, 0.1) is 11.9 Å². The Morgan fingerprint density at radius 2 is 1.95 bits per heavy atom. The van der Waals surface area contributed by atoms with Gasteiger partial charge >= 0.3 is 0 Å². The van der Waals surface area contributed by atoms with Gasteiger partial charge in [0.1, 0.15) is 5.82 Å². The molecule has 1 amide bonds. The van der Waals surface area contributed by atoms with Gasteiger partial charge in [-0.3, -0.25) is 16.0 Å². The number of anilines is 2. The maximum atomic E-state index is 12.2. The van der Waals surface area contributed by atoms with Crippen molar-refractivity contribution in [1.82, 2.24) is 19.9 Å². The summed E-state index contributed by atoms with van der Waals surface area (Å²) in [7, 11) is 0. The maximum Gasteiger partial charge on any atom is 0.278 e. The highest BCUT2D eigenvalue weighted by atomic mass is 16.2. The summed E-state index contributed by atoms with van der Waals surface area (Å²) >= 11 is 0. The first kappa shape index (κ1) is 13.8. The Morgan fingerprint density at radius 3 is 2.55 bits per heavy atom. The third-order valence-electron chi connectivity index (χ3n) is 2.49. The van der Waals surface area contributed by atoms with Crippen molar-refractivity contribution in [3.8, 4) is 0 Å². The summed E-state index contributed by atoms with van der Waals surface area (Å²) in [4.78, 5) is 28.4. The van der Waals surface area contributed by atoms with Gasteiger partial charge in [-0.25, -0.2) is 19.9 Å². The lowest BCUT2D eigenvalue weighted by atomic mass is 10.2. The van der Waals surface area contributed by atoms with Crippen LogP contribution in [0, 0.1) is 0 Å². The number of nitrogens with one attached hydrogen (secondary N) is 2. The molecule has 4 N–H and O–H groups in total. The number of rotatable bonds is 4. The average molecular weight is 273 g/mol.